The van der Waals surface area contributed by atoms with Gasteiger partial charge in [0.25, 0.3) is 5.91 Å². The van der Waals surface area contributed by atoms with E-state index >= 15 is 0 Å². The molecule has 5 N–H and O–H groups in total. The molecule has 0 aromatic heterocycles. The lowest BCUT2D eigenvalue weighted by Gasteiger charge is -2.41. The Balaban J connectivity index is 1.80. The number of ether oxygens (including phenoxy) is 1. The molecule has 1 aromatic carbocycles. The molecule has 168 valence electrons. The summed E-state index contributed by atoms with van der Waals surface area (Å²) in [7, 11) is 1.29. The molecule has 1 unspecified atom stereocenters. The van der Waals surface area contributed by atoms with Crippen molar-refractivity contribution in [3.8, 4) is 5.75 Å². The summed E-state index contributed by atoms with van der Waals surface area (Å²) in [4.78, 5) is 48.9. The Labute approximate surface area is 183 Å². The fourth-order valence-corrected chi connectivity index (χ4v) is 5.28. The average molecular weight is 441 g/mol. The summed E-state index contributed by atoms with van der Waals surface area (Å²) < 4.78 is 4.68. The lowest BCUT2D eigenvalue weighted by atomic mass is 9.61. The monoisotopic (exact) mass is 441 g/mol. The lowest BCUT2D eigenvalue weighted by Crippen LogP contribution is -2.44. The number of phenols is 1. The summed E-state index contributed by atoms with van der Waals surface area (Å²) in [5.74, 6) is -6.04. The maximum atomic E-state index is 13.3. The Kier molecular flexibility index (Phi) is 5.28. The van der Waals surface area contributed by atoms with E-state index in [9.17, 15) is 34.5 Å². The number of aliphatic hydroxyl groups excluding tert-OH is 2. The number of hydrogen-bond acceptors (Lipinski definition) is 8. The molecule has 3 atom stereocenters. The molecular formula is C23H23NO8. The largest absolute Gasteiger partial charge is 0.511 e. The number of phenolic OH excluding ortho intramolecular Hbond substituents is 1. The molecule has 0 aliphatic heterocycles. The van der Waals surface area contributed by atoms with Gasteiger partial charge in [-0.3, -0.25) is 19.2 Å². The zero-order valence-electron chi connectivity index (χ0n) is 17.4. The average Bonchev–Trinajstić information content (AvgIpc) is 2.71. The second-order valence-electron chi connectivity index (χ2n) is 8.43. The number of Topliss-reactive ketones (excluding diaryl/α,β-unsaturated/α-hetero) is 2. The number of fused-ring (bicyclic) bond motifs is 3. The number of hydrogen-bond donors (Lipinski definition) is 4. The number of primary amides is 1. The number of aliphatic hydroxyl groups is 2. The second-order valence-corrected chi connectivity index (χ2v) is 8.43. The smallest absolute Gasteiger partial charge is 0.305 e. The summed E-state index contributed by atoms with van der Waals surface area (Å²) in [6.45, 7) is 0. The van der Waals surface area contributed by atoms with Crippen molar-refractivity contribution in [1.82, 2.24) is 0 Å². The number of methoxy groups -OCH3 is 1. The molecule has 1 aromatic rings. The molecule has 1 amide bonds. The van der Waals surface area contributed by atoms with E-state index in [0.717, 1.165) is 5.56 Å². The second kappa shape index (κ2) is 7.81. The molecule has 0 saturated heterocycles. The number of ketones is 2. The predicted molar refractivity (Wildman–Crippen MR) is 110 cm³/mol. The van der Waals surface area contributed by atoms with E-state index in [4.69, 9.17) is 5.73 Å². The summed E-state index contributed by atoms with van der Waals surface area (Å²) in [6, 6.07) is 3.06. The molecule has 9 nitrogen and oxygen atoms in total. The maximum absolute atomic E-state index is 13.3. The first-order valence-corrected chi connectivity index (χ1v) is 10.3. The van der Waals surface area contributed by atoms with Crippen LogP contribution in [0.25, 0.3) is 5.76 Å². The number of allylic oxidation sites excluding steroid dienone is 2. The van der Waals surface area contributed by atoms with Crippen LogP contribution in [-0.2, 0) is 36.8 Å². The number of aromatic hydroxyl groups is 1. The summed E-state index contributed by atoms with van der Waals surface area (Å²) in [5.41, 5.74) is 6.20. The molecule has 3 aliphatic rings. The van der Waals surface area contributed by atoms with E-state index < -0.39 is 52.5 Å². The van der Waals surface area contributed by atoms with Gasteiger partial charge in [-0.15, -0.1) is 0 Å². The Morgan fingerprint density at radius 2 is 1.88 bits per heavy atom. The van der Waals surface area contributed by atoms with Crippen molar-refractivity contribution in [2.45, 2.75) is 32.1 Å². The number of amides is 1. The van der Waals surface area contributed by atoms with Gasteiger partial charge in [-0.2, -0.15) is 0 Å². The van der Waals surface area contributed by atoms with E-state index in [1.54, 1.807) is 6.07 Å². The van der Waals surface area contributed by atoms with Crippen LogP contribution in [-0.4, -0.2) is 45.9 Å². The molecule has 3 aliphatic carbocycles. The van der Waals surface area contributed by atoms with Gasteiger partial charge in [-0.25, -0.2) is 0 Å². The van der Waals surface area contributed by atoms with Crippen LogP contribution in [0.3, 0.4) is 0 Å². The highest BCUT2D eigenvalue weighted by molar-refractivity contribution is 6.21. The highest BCUT2D eigenvalue weighted by atomic mass is 16.5. The van der Waals surface area contributed by atoms with Gasteiger partial charge in [0.05, 0.1) is 18.6 Å². The molecule has 4 rings (SSSR count). The van der Waals surface area contributed by atoms with E-state index in [0.29, 0.717) is 24.8 Å². The number of nitrogens with two attached hydrogens (primary N) is 1. The number of rotatable bonds is 4. The van der Waals surface area contributed by atoms with Crippen molar-refractivity contribution in [1.29, 1.82) is 0 Å². The van der Waals surface area contributed by atoms with E-state index in [1.807, 2.05) is 0 Å². The fourth-order valence-electron chi connectivity index (χ4n) is 5.28. The van der Waals surface area contributed by atoms with E-state index in [1.165, 1.54) is 13.2 Å². The SMILES string of the molecule is COC(=O)CCc1ccc(O)c2c1C[C@H]1C[C@H]3CC(=O)C(C(N)=O)=C(O)C3C(=O)C1=C2O. The van der Waals surface area contributed by atoms with Crippen molar-refractivity contribution >= 4 is 29.2 Å². The summed E-state index contributed by atoms with van der Waals surface area (Å²) in [6.07, 6.45) is 0.974. The lowest BCUT2D eigenvalue weighted by molar-refractivity contribution is -0.140. The molecule has 0 heterocycles. The molecule has 0 radical (unpaired) electrons. The predicted octanol–water partition coefficient (Wildman–Crippen LogP) is 1.41. The van der Waals surface area contributed by atoms with Crippen molar-refractivity contribution in [2.75, 3.05) is 7.11 Å². The van der Waals surface area contributed by atoms with Gasteiger partial charge in [0.15, 0.2) is 11.6 Å². The molecule has 1 saturated carbocycles. The van der Waals surface area contributed by atoms with Crippen LogP contribution < -0.4 is 5.73 Å². The van der Waals surface area contributed by atoms with E-state index in [-0.39, 0.29) is 35.5 Å². The molecule has 0 spiro atoms. The van der Waals surface area contributed by atoms with Crippen molar-refractivity contribution in [2.24, 2.45) is 23.5 Å². The van der Waals surface area contributed by atoms with Gasteiger partial charge >= 0.3 is 5.97 Å². The minimum absolute atomic E-state index is 0.0592. The number of esters is 1. The number of aryl methyl sites for hydroxylation is 1. The highest BCUT2D eigenvalue weighted by Crippen LogP contribution is 2.50. The number of carbonyl (C=O) groups excluding carboxylic acids is 4. The van der Waals surface area contributed by atoms with Gasteiger partial charge < -0.3 is 25.8 Å². The molecule has 32 heavy (non-hydrogen) atoms. The van der Waals surface area contributed by atoms with Crippen LogP contribution in [0, 0.1) is 17.8 Å². The first-order chi connectivity index (χ1) is 15.1. The summed E-state index contributed by atoms with van der Waals surface area (Å²) >= 11 is 0. The minimum atomic E-state index is -1.14. The van der Waals surface area contributed by atoms with Crippen LogP contribution >= 0.6 is 0 Å². The topological polar surface area (TPSA) is 164 Å². The molecule has 1 fully saturated rings. The Hall–Kier alpha value is -3.62. The van der Waals surface area contributed by atoms with Gasteiger partial charge in [-0.05, 0) is 48.3 Å². The number of benzene rings is 1. The van der Waals surface area contributed by atoms with Crippen LogP contribution in [0.1, 0.15) is 36.0 Å². The Bertz CT molecular complexity index is 1130. The number of carbonyl (C=O) groups is 4. The van der Waals surface area contributed by atoms with Crippen LogP contribution in [0.5, 0.6) is 5.75 Å². The zero-order valence-corrected chi connectivity index (χ0v) is 17.4. The van der Waals surface area contributed by atoms with Crippen molar-refractivity contribution in [3.05, 3.63) is 45.7 Å². The molecule has 9 heteroatoms. The normalized spacial score (nSPS) is 24.6. The third-order valence-electron chi connectivity index (χ3n) is 6.69. The Morgan fingerprint density at radius 3 is 2.53 bits per heavy atom. The minimum Gasteiger partial charge on any atom is -0.511 e. The van der Waals surface area contributed by atoms with Gasteiger partial charge in [-0.1, -0.05) is 6.07 Å². The standard InChI is InChI=1S/C23H23NO8/c1-32-15(27)5-3-9-2-4-13(25)18-12(9)7-10-6-11-8-14(26)19(23(24)31)22(30)17(11)20(28)16(10)21(18)29/h2,4,10-11,17,25,29-30H,3,5-8H2,1H3,(H2,24,31)/t10-,11+,17?/m1/s1. The zero-order chi connectivity index (χ0) is 23.3. The van der Waals surface area contributed by atoms with Crippen LogP contribution in [0.4, 0.5) is 0 Å². The Morgan fingerprint density at radius 1 is 1.16 bits per heavy atom. The first kappa shape index (κ1) is 21.6. The van der Waals surface area contributed by atoms with Gasteiger partial charge in [0.2, 0.25) is 0 Å². The summed E-state index contributed by atoms with van der Waals surface area (Å²) in [5, 5.41) is 32.0. The van der Waals surface area contributed by atoms with Crippen LogP contribution in [0.2, 0.25) is 0 Å². The van der Waals surface area contributed by atoms with Gasteiger partial charge in [0.1, 0.15) is 22.8 Å². The first-order valence-electron chi connectivity index (χ1n) is 10.3. The quantitative estimate of drug-likeness (QED) is 0.402. The molecule has 0 bridgehead atoms. The molecular weight excluding hydrogens is 418 g/mol. The highest BCUT2D eigenvalue weighted by Gasteiger charge is 2.50. The van der Waals surface area contributed by atoms with Crippen molar-refractivity contribution in [3.63, 3.8) is 0 Å². The van der Waals surface area contributed by atoms with Crippen molar-refractivity contribution < 1.29 is 39.2 Å². The fraction of sp³-hybridized carbons (Fsp3) is 0.391. The third kappa shape index (κ3) is 3.24. The van der Waals surface area contributed by atoms with Crippen LogP contribution in [0.15, 0.2) is 29.0 Å². The maximum Gasteiger partial charge on any atom is 0.305 e. The van der Waals surface area contributed by atoms with Gasteiger partial charge in [0, 0.05) is 18.4 Å². The third-order valence-corrected chi connectivity index (χ3v) is 6.69. The van der Waals surface area contributed by atoms with E-state index in [2.05, 4.69) is 4.74 Å².